The third kappa shape index (κ3) is 7.55. The fourth-order valence-electron chi connectivity index (χ4n) is 4.28. The Balaban J connectivity index is 2.07. The molecule has 0 saturated carbocycles. The Labute approximate surface area is 241 Å². The van der Waals surface area contributed by atoms with Gasteiger partial charge in [0.1, 0.15) is 18.3 Å². The van der Waals surface area contributed by atoms with Crippen molar-refractivity contribution < 1.29 is 22.7 Å². The first-order valence-electron chi connectivity index (χ1n) is 13.0. The van der Waals surface area contributed by atoms with Crippen molar-refractivity contribution >= 4 is 39.1 Å². The smallest absolute Gasteiger partial charge is 0.264 e. The van der Waals surface area contributed by atoms with Gasteiger partial charge in [-0.25, -0.2) is 8.42 Å². The third-order valence-electron chi connectivity index (χ3n) is 6.46. The van der Waals surface area contributed by atoms with E-state index >= 15 is 0 Å². The van der Waals surface area contributed by atoms with Crippen LogP contribution in [0.1, 0.15) is 38.3 Å². The van der Waals surface area contributed by atoms with Gasteiger partial charge in [0.05, 0.1) is 17.7 Å². The summed E-state index contributed by atoms with van der Waals surface area (Å²) < 4.78 is 34.0. The predicted molar refractivity (Wildman–Crippen MR) is 158 cm³/mol. The number of amides is 2. The van der Waals surface area contributed by atoms with Crippen molar-refractivity contribution in [3.05, 3.63) is 88.9 Å². The summed E-state index contributed by atoms with van der Waals surface area (Å²) in [5.74, 6) is -0.309. The summed E-state index contributed by atoms with van der Waals surface area (Å²) in [6.07, 6.45) is 0.350. The maximum absolute atomic E-state index is 14.1. The Morgan fingerprint density at radius 3 is 2.15 bits per heavy atom. The van der Waals surface area contributed by atoms with Gasteiger partial charge >= 0.3 is 0 Å². The number of halogens is 1. The molecule has 0 aliphatic carbocycles. The summed E-state index contributed by atoms with van der Waals surface area (Å²) in [6.45, 7) is 7.08. The Morgan fingerprint density at radius 2 is 1.60 bits per heavy atom. The van der Waals surface area contributed by atoms with Crippen LogP contribution < -0.4 is 14.4 Å². The highest BCUT2D eigenvalue weighted by atomic mass is 35.5. The highest BCUT2D eigenvalue weighted by Crippen LogP contribution is 2.27. The van der Waals surface area contributed by atoms with Crippen LogP contribution >= 0.6 is 11.6 Å². The van der Waals surface area contributed by atoms with Crippen molar-refractivity contribution in [3.8, 4) is 5.75 Å². The van der Waals surface area contributed by atoms with E-state index in [9.17, 15) is 18.0 Å². The lowest BCUT2D eigenvalue weighted by atomic mass is 10.1. The van der Waals surface area contributed by atoms with Crippen LogP contribution in [0.3, 0.4) is 0 Å². The average Bonchev–Trinajstić information content (AvgIpc) is 2.92. The number of nitrogens with zero attached hydrogens (tertiary/aromatic N) is 2. The van der Waals surface area contributed by atoms with E-state index in [1.165, 1.54) is 24.1 Å². The van der Waals surface area contributed by atoms with Crippen molar-refractivity contribution in [2.45, 2.75) is 57.6 Å². The van der Waals surface area contributed by atoms with Crippen molar-refractivity contribution in [2.24, 2.45) is 0 Å². The lowest BCUT2D eigenvalue weighted by molar-refractivity contribution is -0.140. The van der Waals surface area contributed by atoms with Gasteiger partial charge in [0.25, 0.3) is 10.0 Å². The van der Waals surface area contributed by atoms with Crippen LogP contribution in [0.4, 0.5) is 5.69 Å². The molecule has 3 rings (SSSR count). The third-order valence-corrected chi connectivity index (χ3v) is 8.50. The lowest BCUT2D eigenvalue weighted by Crippen LogP contribution is -2.53. The van der Waals surface area contributed by atoms with Gasteiger partial charge in [0.2, 0.25) is 11.8 Å². The largest absolute Gasteiger partial charge is 0.497 e. The molecule has 0 aliphatic rings. The topological polar surface area (TPSA) is 96.0 Å². The maximum Gasteiger partial charge on any atom is 0.264 e. The van der Waals surface area contributed by atoms with Gasteiger partial charge in [-0.2, -0.15) is 0 Å². The lowest BCUT2D eigenvalue weighted by Gasteiger charge is -2.34. The van der Waals surface area contributed by atoms with E-state index in [4.69, 9.17) is 16.3 Å². The van der Waals surface area contributed by atoms with Crippen LogP contribution in [0.25, 0.3) is 0 Å². The minimum absolute atomic E-state index is 0.00824. The monoisotopic (exact) mass is 585 g/mol. The van der Waals surface area contributed by atoms with Gasteiger partial charge in [-0.3, -0.25) is 13.9 Å². The number of methoxy groups -OCH3 is 1. The molecule has 10 heteroatoms. The quantitative estimate of drug-likeness (QED) is 0.316. The zero-order valence-electron chi connectivity index (χ0n) is 23.4. The zero-order chi connectivity index (χ0) is 29.4. The summed E-state index contributed by atoms with van der Waals surface area (Å²) in [5.41, 5.74) is 2.09. The highest BCUT2D eigenvalue weighted by Gasteiger charge is 2.34. The molecule has 2 amide bonds. The van der Waals surface area contributed by atoms with Crippen molar-refractivity contribution in [1.82, 2.24) is 10.2 Å². The second kappa shape index (κ2) is 13.7. The number of sulfonamides is 1. The van der Waals surface area contributed by atoms with Gasteiger partial charge in [0, 0.05) is 17.6 Å². The Bertz CT molecular complexity index is 1410. The number of anilines is 1. The number of aryl methyl sites for hydroxylation is 1. The number of nitrogens with one attached hydrogen (secondary N) is 1. The summed E-state index contributed by atoms with van der Waals surface area (Å²) in [7, 11) is -2.70. The van der Waals surface area contributed by atoms with E-state index in [2.05, 4.69) is 5.32 Å². The molecule has 0 aromatic heterocycles. The molecule has 3 aromatic carbocycles. The Hall–Kier alpha value is -3.56. The number of carbonyl (C=O) groups is 2. The number of rotatable bonds is 12. The van der Waals surface area contributed by atoms with Crippen molar-refractivity contribution in [1.29, 1.82) is 0 Å². The minimum atomic E-state index is -4.19. The highest BCUT2D eigenvalue weighted by molar-refractivity contribution is 7.92. The second-order valence-corrected chi connectivity index (χ2v) is 12.0. The fourth-order valence-corrected chi connectivity index (χ4v) is 5.82. The maximum atomic E-state index is 14.1. The van der Waals surface area contributed by atoms with Crippen LogP contribution in [0, 0.1) is 6.92 Å². The SMILES string of the molecule is CC[C@H](C(=O)NC(C)C)N(Cc1ccccc1C)C(=O)CN(c1ccc(Cl)cc1)S(=O)(=O)c1ccc(OC)cc1. The van der Waals surface area contributed by atoms with Gasteiger partial charge in [-0.15, -0.1) is 0 Å². The number of hydrogen-bond acceptors (Lipinski definition) is 5. The van der Waals surface area contributed by atoms with E-state index in [0.29, 0.717) is 17.2 Å². The van der Waals surface area contributed by atoms with Gasteiger partial charge in [0.15, 0.2) is 0 Å². The molecule has 3 aromatic rings. The molecule has 0 aliphatic heterocycles. The first-order chi connectivity index (χ1) is 19.0. The molecule has 0 fully saturated rings. The van der Waals surface area contributed by atoms with Gasteiger partial charge in [-0.1, -0.05) is 42.8 Å². The first kappa shape index (κ1) is 31.0. The molecule has 0 radical (unpaired) electrons. The van der Waals surface area contributed by atoms with Crippen LogP contribution in [0.2, 0.25) is 5.02 Å². The van der Waals surface area contributed by atoms with Crippen LogP contribution in [0.15, 0.2) is 77.7 Å². The number of carbonyl (C=O) groups excluding carboxylic acids is 2. The molecule has 8 nitrogen and oxygen atoms in total. The summed E-state index contributed by atoms with van der Waals surface area (Å²) in [6, 6.07) is 18.8. The molecule has 214 valence electrons. The molecule has 0 spiro atoms. The van der Waals surface area contributed by atoms with Crippen LogP contribution in [0.5, 0.6) is 5.75 Å². The molecule has 1 atom stereocenters. The fraction of sp³-hybridized carbons (Fsp3) is 0.333. The predicted octanol–water partition coefficient (Wildman–Crippen LogP) is 5.18. The molecule has 0 heterocycles. The van der Waals surface area contributed by atoms with E-state index in [0.717, 1.165) is 15.4 Å². The standard InChI is InChI=1S/C30H36ClN3O5S/c1-6-28(30(36)32-21(2)3)33(19-23-10-8-7-9-22(23)4)29(35)20-34(25-13-11-24(31)12-14-25)40(37,38)27-17-15-26(39-5)16-18-27/h7-18,21,28H,6,19-20H2,1-5H3,(H,32,36)/t28-/m1/s1. The molecule has 40 heavy (non-hydrogen) atoms. The number of hydrogen-bond donors (Lipinski definition) is 1. The summed E-state index contributed by atoms with van der Waals surface area (Å²) in [5, 5.41) is 3.32. The van der Waals surface area contributed by atoms with E-state index in [1.807, 2.05) is 52.0 Å². The average molecular weight is 586 g/mol. The first-order valence-corrected chi connectivity index (χ1v) is 14.9. The number of benzene rings is 3. The van der Waals surface area contributed by atoms with E-state index < -0.39 is 28.5 Å². The Kier molecular flexibility index (Phi) is 10.6. The summed E-state index contributed by atoms with van der Waals surface area (Å²) in [4.78, 5) is 28.7. The normalized spacial score (nSPS) is 12.1. The van der Waals surface area contributed by atoms with Crippen LogP contribution in [-0.2, 0) is 26.2 Å². The van der Waals surface area contributed by atoms with Gasteiger partial charge < -0.3 is 15.0 Å². The minimum Gasteiger partial charge on any atom is -0.497 e. The Morgan fingerprint density at radius 1 is 0.975 bits per heavy atom. The number of ether oxygens (including phenoxy) is 1. The van der Waals surface area contributed by atoms with Gasteiger partial charge in [-0.05, 0) is 86.8 Å². The second-order valence-electron chi connectivity index (χ2n) is 9.70. The molecular weight excluding hydrogens is 550 g/mol. The van der Waals surface area contributed by atoms with E-state index in [1.54, 1.807) is 36.4 Å². The molecule has 0 saturated heterocycles. The van der Waals surface area contributed by atoms with Crippen molar-refractivity contribution in [3.63, 3.8) is 0 Å². The van der Waals surface area contributed by atoms with E-state index in [-0.39, 0.29) is 29.1 Å². The summed E-state index contributed by atoms with van der Waals surface area (Å²) >= 11 is 6.08. The van der Waals surface area contributed by atoms with Crippen molar-refractivity contribution in [2.75, 3.05) is 18.0 Å². The molecule has 1 N–H and O–H groups in total. The molecule has 0 bridgehead atoms. The molecule has 0 unspecified atom stereocenters. The molecular formula is C30H36ClN3O5S. The van der Waals surface area contributed by atoms with Crippen LogP contribution in [-0.4, -0.2) is 50.9 Å². The zero-order valence-corrected chi connectivity index (χ0v) is 25.0.